The molecule has 7 heteroatoms. The maximum atomic E-state index is 12.6. The molecule has 25 heavy (non-hydrogen) atoms. The first-order valence-electron chi connectivity index (χ1n) is 8.86. The fourth-order valence-corrected chi connectivity index (χ4v) is 3.76. The average Bonchev–Trinajstić information content (AvgIpc) is 3.07. The quantitative estimate of drug-likeness (QED) is 0.762. The molecule has 1 aliphatic rings. The predicted molar refractivity (Wildman–Crippen MR) is 101 cm³/mol. The van der Waals surface area contributed by atoms with Crippen molar-refractivity contribution in [3.63, 3.8) is 0 Å². The summed E-state index contributed by atoms with van der Waals surface area (Å²) in [6, 6.07) is 4.11. The summed E-state index contributed by atoms with van der Waals surface area (Å²) in [6.45, 7) is 9.33. The van der Waals surface area contributed by atoms with Crippen LogP contribution >= 0.6 is 11.3 Å². The van der Waals surface area contributed by atoms with Gasteiger partial charge in [-0.15, -0.1) is 11.3 Å². The van der Waals surface area contributed by atoms with E-state index in [1.807, 2.05) is 24.4 Å². The number of piperidine rings is 1. The Kier molecular flexibility index (Phi) is 6.98. The Morgan fingerprint density at radius 1 is 1.48 bits per heavy atom. The lowest BCUT2D eigenvalue weighted by Crippen LogP contribution is -2.55. The minimum Gasteiger partial charge on any atom is -0.350 e. The zero-order valence-corrected chi connectivity index (χ0v) is 16.3. The second-order valence-corrected chi connectivity index (χ2v) is 8.39. The molecule has 1 aromatic heterocycles. The van der Waals surface area contributed by atoms with Crippen LogP contribution in [0.25, 0.3) is 0 Å². The van der Waals surface area contributed by atoms with E-state index in [4.69, 9.17) is 5.73 Å². The van der Waals surface area contributed by atoms with Gasteiger partial charge in [0.2, 0.25) is 11.8 Å². The van der Waals surface area contributed by atoms with Crippen LogP contribution in [-0.4, -0.2) is 60.4 Å². The third-order valence-corrected chi connectivity index (χ3v) is 5.74. The number of amides is 2. The lowest BCUT2D eigenvalue weighted by molar-refractivity contribution is -0.137. The van der Waals surface area contributed by atoms with Crippen molar-refractivity contribution in [1.29, 1.82) is 0 Å². The van der Waals surface area contributed by atoms with Crippen molar-refractivity contribution in [3.05, 3.63) is 22.4 Å². The highest BCUT2D eigenvalue weighted by molar-refractivity contribution is 7.09. The molecule has 0 radical (unpaired) electrons. The number of thiophene rings is 1. The first-order valence-corrected chi connectivity index (χ1v) is 9.74. The zero-order valence-electron chi connectivity index (χ0n) is 15.5. The van der Waals surface area contributed by atoms with Crippen molar-refractivity contribution >= 4 is 23.2 Å². The van der Waals surface area contributed by atoms with Gasteiger partial charge in [0.05, 0.1) is 19.6 Å². The molecule has 0 spiro atoms. The summed E-state index contributed by atoms with van der Waals surface area (Å²) in [5, 5.41) is 4.86. The van der Waals surface area contributed by atoms with E-state index in [0.29, 0.717) is 19.6 Å². The minimum atomic E-state index is -0.121. The number of carbonyl (C=O) groups excluding carboxylic acids is 2. The molecule has 1 aromatic rings. The van der Waals surface area contributed by atoms with Crippen LogP contribution in [0.3, 0.4) is 0 Å². The highest BCUT2D eigenvalue weighted by Crippen LogP contribution is 2.27. The molecule has 2 amide bonds. The molecule has 1 saturated heterocycles. The number of likely N-dealkylation sites (tertiary alicyclic amines) is 1. The number of nitrogens with one attached hydrogen (secondary N) is 1. The standard InChI is InChI=1S/C18H30N4O2S/c1-4-22(11-16(23)20-10-14-6-5-9-25-14)17(24)12-21-8-7-15(19)18(2,3)13-21/h5-6,9,15H,4,7-8,10-13,19H2,1-3H3,(H,20,23). The zero-order chi connectivity index (χ0) is 18.4. The summed E-state index contributed by atoms with van der Waals surface area (Å²) in [5.74, 6) is -0.121. The summed E-state index contributed by atoms with van der Waals surface area (Å²) in [5.41, 5.74) is 6.16. The minimum absolute atomic E-state index is 0.0000417. The fourth-order valence-electron chi connectivity index (χ4n) is 3.12. The Morgan fingerprint density at radius 3 is 2.84 bits per heavy atom. The Hall–Kier alpha value is -1.44. The van der Waals surface area contributed by atoms with E-state index in [0.717, 1.165) is 24.4 Å². The molecule has 3 N–H and O–H groups in total. The van der Waals surface area contributed by atoms with Crippen LogP contribution in [0.15, 0.2) is 17.5 Å². The van der Waals surface area contributed by atoms with Crippen LogP contribution in [0.4, 0.5) is 0 Å². The van der Waals surface area contributed by atoms with Gasteiger partial charge in [0, 0.05) is 30.6 Å². The summed E-state index contributed by atoms with van der Waals surface area (Å²) in [7, 11) is 0. The van der Waals surface area contributed by atoms with Gasteiger partial charge in [0.15, 0.2) is 0 Å². The Morgan fingerprint density at radius 2 is 2.24 bits per heavy atom. The van der Waals surface area contributed by atoms with Gasteiger partial charge in [0.25, 0.3) is 0 Å². The van der Waals surface area contributed by atoms with Gasteiger partial charge >= 0.3 is 0 Å². The lowest BCUT2D eigenvalue weighted by atomic mass is 9.80. The molecule has 140 valence electrons. The second-order valence-electron chi connectivity index (χ2n) is 7.36. The summed E-state index contributed by atoms with van der Waals surface area (Å²) < 4.78 is 0. The van der Waals surface area contributed by atoms with Crippen LogP contribution in [0.2, 0.25) is 0 Å². The average molecular weight is 367 g/mol. The molecule has 1 fully saturated rings. The van der Waals surface area contributed by atoms with Gasteiger partial charge in [-0.3, -0.25) is 14.5 Å². The summed E-state index contributed by atoms with van der Waals surface area (Å²) in [4.78, 5) is 29.6. The predicted octanol–water partition coefficient (Wildman–Crippen LogP) is 1.27. The smallest absolute Gasteiger partial charge is 0.239 e. The number of nitrogens with zero attached hydrogens (tertiary/aromatic N) is 2. The molecule has 6 nitrogen and oxygen atoms in total. The molecular formula is C18H30N4O2S. The monoisotopic (exact) mass is 366 g/mol. The number of hydrogen-bond donors (Lipinski definition) is 2. The van der Waals surface area contributed by atoms with E-state index in [2.05, 4.69) is 24.1 Å². The van der Waals surface area contributed by atoms with Crippen LogP contribution < -0.4 is 11.1 Å². The van der Waals surface area contributed by atoms with Gasteiger partial charge in [0.1, 0.15) is 0 Å². The fraction of sp³-hybridized carbons (Fsp3) is 0.667. The van der Waals surface area contributed by atoms with Gasteiger partial charge in [-0.05, 0) is 30.2 Å². The molecule has 1 atom stereocenters. The largest absolute Gasteiger partial charge is 0.350 e. The molecule has 1 aliphatic heterocycles. The SMILES string of the molecule is CCN(CC(=O)NCc1cccs1)C(=O)CN1CCC(N)C(C)(C)C1. The number of likely N-dealkylation sites (N-methyl/N-ethyl adjacent to an activating group) is 1. The Bertz CT molecular complexity index is 574. The van der Waals surface area contributed by atoms with Crippen molar-refractivity contribution < 1.29 is 9.59 Å². The number of rotatable bonds is 7. The molecule has 0 aliphatic carbocycles. The third kappa shape index (κ3) is 5.80. The van der Waals surface area contributed by atoms with Crippen molar-refractivity contribution in [1.82, 2.24) is 15.1 Å². The van der Waals surface area contributed by atoms with Crippen molar-refractivity contribution in [2.75, 3.05) is 32.7 Å². The summed E-state index contributed by atoms with van der Waals surface area (Å²) >= 11 is 1.61. The molecule has 2 heterocycles. The Balaban J connectivity index is 1.80. The maximum absolute atomic E-state index is 12.6. The second kappa shape index (κ2) is 8.78. The molecule has 0 saturated carbocycles. The van der Waals surface area contributed by atoms with Crippen molar-refractivity contribution in [2.45, 2.75) is 39.8 Å². The molecule has 2 rings (SSSR count). The third-order valence-electron chi connectivity index (χ3n) is 4.86. The number of carbonyl (C=O) groups is 2. The highest BCUT2D eigenvalue weighted by atomic mass is 32.1. The van der Waals surface area contributed by atoms with E-state index in [-0.39, 0.29) is 29.8 Å². The van der Waals surface area contributed by atoms with Gasteiger partial charge in [-0.2, -0.15) is 0 Å². The topological polar surface area (TPSA) is 78.7 Å². The lowest BCUT2D eigenvalue weighted by Gasteiger charge is -2.42. The molecule has 0 aromatic carbocycles. The highest BCUT2D eigenvalue weighted by Gasteiger charge is 2.34. The van der Waals surface area contributed by atoms with E-state index >= 15 is 0 Å². The molecule has 0 bridgehead atoms. The van der Waals surface area contributed by atoms with E-state index < -0.39 is 0 Å². The first kappa shape index (κ1) is 19.9. The van der Waals surface area contributed by atoms with E-state index in [9.17, 15) is 9.59 Å². The van der Waals surface area contributed by atoms with Crippen LogP contribution in [-0.2, 0) is 16.1 Å². The van der Waals surface area contributed by atoms with Gasteiger partial charge in [-0.25, -0.2) is 0 Å². The van der Waals surface area contributed by atoms with Crippen molar-refractivity contribution in [2.24, 2.45) is 11.1 Å². The Labute approximate surface area is 154 Å². The van der Waals surface area contributed by atoms with Gasteiger partial charge in [-0.1, -0.05) is 19.9 Å². The van der Waals surface area contributed by atoms with E-state index in [1.165, 1.54) is 0 Å². The van der Waals surface area contributed by atoms with E-state index in [1.54, 1.807) is 16.2 Å². The summed E-state index contributed by atoms with van der Waals surface area (Å²) in [6.07, 6.45) is 0.897. The van der Waals surface area contributed by atoms with Crippen molar-refractivity contribution in [3.8, 4) is 0 Å². The maximum Gasteiger partial charge on any atom is 0.239 e. The first-order chi connectivity index (χ1) is 11.8. The molecular weight excluding hydrogens is 336 g/mol. The van der Waals surface area contributed by atoms with Crippen LogP contribution in [0, 0.1) is 5.41 Å². The normalized spacial score (nSPS) is 20.2. The molecule has 1 unspecified atom stereocenters. The number of hydrogen-bond acceptors (Lipinski definition) is 5. The van der Waals surface area contributed by atoms with Crippen LogP contribution in [0.1, 0.15) is 32.1 Å². The number of nitrogens with two attached hydrogens (primary N) is 1. The van der Waals surface area contributed by atoms with Crippen LogP contribution in [0.5, 0.6) is 0 Å². The van der Waals surface area contributed by atoms with Gasteiger partial charge < -0.3 is 16.0 Å².